The average Bonchev–Trinajstić information content (AvgIpc) is 2.59. The molecule has 2 atom stereocenters. The summed E-state index contributed by atoms with van der Waals surface area (Å²) in [5.74, 6) is 0. The minimum Gasteiger partial charge on any atom is -0.380 e. The summed E-state index contributed by atoms with van der Waals surface area (Å²) in [5, 5.41) is 5.58. The Labute approximate surface area is 97.8 Å². The van der Waals surface area contributed by atoms with E-state index in [4.69, 9.17) is 4.74 Å². The molecule has 1 aromatic rings. The number of nitrogens with one attached hydrogen (secondary N) is 1. The molecule has 2 unspecified atom stereocenters. The van der Waals surface area contributed by atoms with Crippen LogP contribution in [0.15, 0.2) is 15.2 Å². The number of rotatable bonds is 5. The van der Waals surface area contributed by atoms with Gasteiger partial charge in [0.05, 0.1) is 9.89 Å². The summed E-state index contributed by atoms with van der Waals surface area (Å²) in [6, 6.07) is 2.51. The van der Waals surface area contributed by atoms with Gasteiger partial charge in [-0.25, -0.2) is 0 Å². The van der Waals surface area contributed by atoms with E-state index in [9.17, 15) is 0 Å². The maximum atomic E-state index is 5.24. The summed E-state index contributed by atoms with van der Waals surface area (Å²) < 4.78 is 6.42. The van der Waals surface area contributed by atoms with Crippen LogP contribution in [0, 0.1) is 0 Å². The molecule has 0 aliphatic rings. The number of methoxy groups -OCH3 is 1. The predicted molar refractivity (Wildman–Crippen MR) is 64.8 cm³/mol. The number of hydrogen-bond acceptors (Lipinski definition) is 3. The van der Waals surface area contributed by atoms with Crippen molar-refractivity contribution in [2.75, 3.05) is 7.11 Å². The van der Waals surface area contributed by atoms with Gasteiger partial charge in [0.2, 0.25) is 0 Å². The molecule has 0 aliphatic heterocycles. The summed E-state index contributed by atoms with van der Waals surface area (Å²) in [7, 11) is 1.74. The molecule has 0 aliphatic carbocycles. The zero-order chi connectivity index (χ0) is 10.6. The van der Waals surface area contributed by atoms with Crippen molar-refractivity contribution in [1.82, 2.24) is 5.32 Å². The summed E-state index contributed by atoms with van der Waals surface area (Å²) in [5.41, 5.74) is 1.32. The van der Waals surface area contributed by atoms with Crippen LogP contribution < -0.4 is 5.32 Å². The van der Waals surface area contributed by atoms with E-state index in [0.29, 0.717) is 6.04 Å². The van der Waals surface area contributed by atoms with Crippen molar-refractivity contribution in [2.45, 2.75) is 32.5 Å². The lowest BCUT2D eigenvalue weighted by Gasteiger charge is -2.19. The molecule has 0 amide bonds. The van der Waals surface area contributed by atoms with Gasteiger partial charge in [0.1, 0.15) is 0 Å². The molecule has 0 saturated carbocycles. The molecule has 0 fully saturated rings. The summed E-state index contributed by atoms with van der Waals surface area (Å²) in [4.78, 5) is 0. The van der Waals surface area contributed by atoms with Gasteiger partial charge in [0, 0.05) is 19.7 Å². The van der Waals surface area contributed by atoms with Gasteiger partial charge >= 0.3 is 0 Å². The minimum absolute atomic E-state index is 0.247. The topological polar surface area (TPSA) is 21.3 Å². The van der Waals surface area contributed by atoms with Crippen LogP contribution in [0.1, 0.15) is 19.4 Å². The van der Waals surface area contributed by atoms with Crippen molar-refractivity contribution < 1.29 is 4.74 Å². The molecule has 1 N–H and O–H groups in total. The fraction of sp³-hybridized carbons (Fsp3) is 0.600. The maximum absolute atomic E-state index is 5.24. The zero-order valence-corrected chi connectivity index (χ0v) is 11.1. The first-order chi connectivity index (χ1) is 6.63. The third-order valence-corrected chi connectivity index (χ3v) is 3.88. The Morgan fingerprint density at radius 1 is 1.57 bits per heavy atom. The summed E-state index contributed by atoms with van der Waals surface area (Å²) >= 11 is 5.16. The Hall–Kier alpha value is 0.100. The highest BCUT2D eigenvalue weighted by atomic mass is 79.9. The number of ether oxygens (including phenoxy) is 1. The molecular formula is C10H16BrNOS. The number of halogens is 1. The SMILES string of the molecule is COC(C)C(C)NCc1csc(Br)c1. The predicted octanol–water partition coefficient (Wildman–Crippen LogP) is 3.02. The molecule has 0 saturated heterocycles. The fourth-order valence-electron chi connectivity index (χ4n) is 1.09. The Balaban J connectivity index is 2.33. The largest absolute Gasteiger partial charge is 0.380 e. The molecule has 80 valence electrons. The minimum atomic E-state index is 0.247. The van der Waals surface area contributed by atoms with Crippen LogP contribution in [-0.4, -0.2) is 19.3 Å². The highest BCUT2D eigenvalue weighted by Gasteiger charge is 2.10. The third-order valence-electron chi connectivity index (χ3n) is 2.33. The Kier molecular flexibility index (Phi) is 5.09. The molecular weight excluding hydrogens is 262 g/mol. The van der Waals surface area contributed by atoms with Gasteiger partial charge in [0.15, 0.2) is 0 Å². The quantitative estimate of drug-likeness (QED) is 0.894. The van der Waals surface area contributed by atoms with Gasteiger partial charge in [-0.15, -0.1) is 11.3 Å². The number of thiophene rings is 1. The molecule has 1 heterocycles. The van der Waals surface area contributed by atoms with Crippen molar-refractivity contribution in [3.8, 4) is 0 Å². The molecule has 0 aromatic carbocycles. The van der Waals surface area contributed by atoms with Crippen LogP contribution >= 0.6 is 27.3 Å². The van der Waals surface area contributed by atoms with E-state index in [-0.39, 0.29) is 6.10 Å². The van der Waals surface area contributed by atoms with Crippen molar-refractivity contribution >= 4 is 27.3 Å². The van der Waals surface area contributed by atoms with Crippen molar-refractivity contribution in [3.05, 3.63) is 20.8 Å². The maximum Gasteiger partial charge on any atom is 0.0701 e. The van der Waals surface area contributed by atoms with E-state index in [1.165, 1.54) is 9.35 Å². The van der Waals surface area contributed by atoms with Gasteiger partial charge in [0.25, 0.3) is 0 Å². The molecule has 4 heteroatoms. The second kappa shape index (κ2) is 5.85. The lowest BCUT2D eigenvalue weighted by Crippen LogP contribution is -2.36. The standard InChI is InChI=1S/C10H16BrNOS/c1-7(8(2)13-3)12-5-9-4-10(11)14-6-9/h4,6-8,12H,5H2,1-3H3. The van der Waals surface area contributed by atoms with Crippen molar-refractivity contribution in [1.29, 1.82) is 0 Å². The van der Waals surface area contributed by atoms with Gasteiger partial charge in [-0.2, -0.15) is 0 Å². The highest BCUT2D eigenvalue weighted by Crippen LogP contribution is 2.20. The van der Waals surface area contributed by atoms with Gasteiger partial charge in [-0.1, -0.05) is 0 Å². The molecule has 1 aromatic heterocycles. The summed E-state index contributed by atoms with van der Waals surface area (Å²) in [6.07, 6.45) is 0.247. The van der Waals surface area contributed by atoms with Crippen molar-refractivity contribution in [2.24, 2.45) is 0 Å². The van der Waals surface area contributed by atoms with E-state index < -0.39 is 0 Å². The normalized spacial score (nSPS) is 15.4. The van der Waals surface area contributed by atoms with Crippen molar-refractivity contribution in [3.63, 3.8) is 0 Å². The van der Waals surface area contributed by atoms with Gasteiger partial charge in [-0.3, -0.25) is 0 Å². The van der Waals surface area contributed by atoms with E-state index in [2.05, 4.69) is 46.5 Å². The van der Waals surface area contributed by atoms with Crippen LogP contribution in [0.2, 0.25) is 0 Å². The molecule has 14 heavy (non-hydrogen) atoms. The van der Waals surface area contributed by atoms with E-state index in [1.807, 2.05) is 0 Å². The summed E-state index contributed by atoms with van der Waals surface area (Å²) in [6.45, 7) is 5.10. The monoisotopic (exact) mass is 277 g/mol. The van der Waals surface area contributed by atoms with Gasteiger partial charge in [-0.05, 0) is 46.8 Å². The van der Waals surface area contributed by atoms with Crippen LogP contribution in [0.5, 0.6) is 0 Å². The van der Waals surface area contributed by atoms with Crippen LogP contribution in [0.25, 0.3) is 0 Å². The average molecular weight is 278 g/mol. The molecule has 0 radical (unpaired) electrons. The third kappa shape index (κ3) is 3.69. The first-order valence-electron chi connectivity index (χ1n) is 4.62. The second-order valence-electron chi connectivity index (χ2n) is 3.37. The lowest BCUT2D eigenvalue weighted by atomic mass is 10.2. The zero-order valence-electron chi connectivity index (χ0n) is 8.71. The second-order valence-corrected chi connectivity index (χ2v) is 5.66. The first-order valence-corrected chi connectivity index (χ1v) is 6.30. The molecule has 0 bridgehead atoms. The molecule has 2 nitrogen and oxygen atoms in total. The molecule has 1 rings (SSSR count). The Bertz CT molecular complexity index is 277. The van der Waals surface area contributed by atoms with E-state index in [0.717, 1.165) is 6.54 Å². The van der Waals surface area contributed by atoms with E-state index in [1.54, 1.807) is 18.4 Å². The number of hydrogen-bond donors (Lipinski definition) is 1. The Morgan fingerprint density at radius 2 is 2.29 bits per heavy atom. The fourth-order valence-corrected chi connectivity index (χ4v) is 2.30. The smallest absolute Gasteiger partial charge is 0.0701 e. The first kappa shape index (κ1) is 12.2. The lowest BCUT2D eigenvalue weighted by molar-refractivity contribution is 0.0882. The van der Waals surface area contributed by atoms with E-state index >= 15 is 0 Å². The van der Waals surface area contributed by atoms with Crippen LogP contribution in [-0.2, 0) is 11.3 Å². The molecule has 0 spiro atoms. The van der Waals surface area contributed by atoms with Gasteiger partial charge < -0.3 is 10.1 Å². The van der Waals surface area contributed by atoms with Crippen LogP contribution in [0.4, 0.5) is 0 Å². The highest BCUT2D eigenvalue weighted by molar-refractivity contribution is 9.11. The van der Waals surface area contributed by atoms with Crippen LogP contribution in [0.3, 0.4) is 0 Å². The Morgan fingerprint density at radius 3 is 2.79 bits per heavy atom.